The summed E-state index contributed by atoms with van der Waals surface area (Å²) in [7, 11) is -1.12. The van der Waals surface area contributed by atoms with E-state index in [0.717, 1.165) is 0 Å². The quantitative estimate of drug-likeness (QED) is 0.0554. The number of carbonyl (C=O) groups is 4. The van der Waals surface area contributed by atoms with Crippen LogP contribution in [0.4, 0.5) is 0 Å². The molecule has 0 spiro atoms. The smallest absolute Gasteiger partial charge is 0.344 e. The molecular formula is C42H76O8P2S4+2. The van der Waals surface area contributed by atoms with Crippen molar-refractivity contribution in [2.75, 3.05) is 49.3 Å². The lowest BCUT2D eigenvalue weighted by atomic mass is 10.4. The SMILES string of the molecule is CCCC[P+](CCCC)(CCCC)CCCC.CCCC[P+](CCCC)(CCCC)CCCC.O=C(O)C1=C(C(=O)O)SC(=C2SC(C(=O)O)=C(C(=O)O)S2)S1. The molecule has 0 saturated heterocycles. The van der Waals surface area contributed by atoms with Gasteiger partial charge in [0.2, 0.25) is 0 Å². The Morgan fingerprint density at radius 2 is 0.482 bits per heavy atom. The maximum Gasteiger partial charge on any atom is 0.344 e. The summed E-state index contributed by atoms with van der Waals surface area (Å²) in [5.74, 6) is -5.65. The van der Waals surface area contributed by atoms with E-state index in [2.05, 4.69) is 55.4 Å². The van der Waals surface area contributed by atoms with Crippen molar-refractivity contribution in [2.45, 2.75) is 158 Å². The summed E-state index contributed by atoms with van der Waals surface area (Å²) in [6.45, 7) is 18.8. The highest BCUT2D eigenvalue weighted by atomic mass is 32.2. The third-order valence-corrected chi connectivity index (χ3v) is 25.8. The van der Waals surface area contributed by atoms with Crippen molar-refractivity contribution in [1.29, 1.82) is 0 Å². The van der Waals surface area contributed by atoms with Crippen LogP contribution in [0.5, 0.6) is 0 Å². The molecule has 0 amide bonds. The Kier molecular flexibility index (Phi) is 31.8. The lowest BCUT2D eigenvalue weighted by Gasteiger charge is -2.28. The highest BCUT2D eigenvalue weighted by molar-refractivity contribution is 8.35. The zero-order valence-corrected chi connectivity index (χ0v) is 41.0. The second-order valence-corrected chi connectivity index (χ2v) is 28.4. The molecule has 14 heteroatoms. The van der Waals surface area contributed by atoms with Crippen LogP contribution in [-0.4, -0.2) is 93.6 Å². The van der Waals surface area contributed by atoms with Gasteiger partial charge < -0.3 is 20.4 Å². The van der Waals surface area contributed by atoms with Crippen LogP contribution < -0.4 is 0 Å². The number of carboxylic acid groups (broad SMARTS) is 4. The van der Waals surface area contributed by atoms with Gasteiger partial charge in [0, 0.05) is 14.5 Å². The minimum atomic E-state index is -1.41. The molecule has 0 unspecified atom stereocenters. The molecule has 0 bridgehead atoms. The van der Waals surface area contributed by atoms with Crippen molar-refractivity contribution in [3.05, 3.63) is 28.1 Å². The fourth-order valence-electron chi connectivity index (χ4n) is 6.62. The Bertz CT molecular complexity index is 1070. The van der Waals surface area contributed by atoms with Crippen molar-refractivity contribution in [2.24, 2.45) is 0 Å². The Hall–Kier alpha value is -0.640. The van der Waals surface area contributed by atoms with Crippen molar-refractivity contribution in [1.82, 2.24) is 0 Å². The molecule has 2 aliphatic heterocycles. The monoisotopic (exact) mass is 898 g/mol. The van der Waals surface area contributed by atoms with Gasteiger partial charge in [-0.3, -0.25) is 0 Å². The van der Waals surface area contributed by atoms with Crippen molar-refractivity contribution in [3.8, 4) is 0 Å². The number of carboxylic acids is 4. The lowest BCUT2D eigenvalue weighted by Crippen LogP contribution is -2.12. The number of hydrogen-bond donors (Lipinski definition) is 4. The fourth-order valence-corrected chi connectivity index (χ4v) is 22.2. The third kappa shape index (κ3) is 21.1. The summed E-state index contributed by atoms with van der Waals surface area (Å²) in [5, 5.41) is 35.9. The highest BCUT2D eigenvalue weighted by Crippen LogP contribution is 2.63. The second kappa shape index (κ2) is 32.2. The average molecular weight is 899 g/mol. The lowest BCUT2D eigenvalue weighted by molar-refractivity contribution is -0.134. The molecule has 0 radical (unpaired) electrons. The summed E-state index contributed by atoms with van der Waals surface area (Å²) in [6.07, 6.45) is 35.9. The molecular weight excluding hydrogens is 823 g/mol. The van der Waals surface area contributed by atoms with Gasteiger partial charge in [-0.05, 0) is 51.4 Å². The number of rotatable bonds is 28. The van der Waals surface area contributed by atoms with Crippen molar-refractivity contribution < 1.29 is 39.6 Å². The molecule has 2 rings (SSSR count). The van der Waals surface area contributed by atoms with E-state index in [1.54, 1.807) is 49.3 Å². The van der Waals surface area contributed by atoms with Gasteiger partial charge in [-0.25, -0.2) is 19.2 Å². The number of thioether (sulfide) groups is 4. The predicted octanol–water partition coefficient (Wildman–Crippen LogP) is 14.2. The molecule has 2 aliphatic rings. The number of aliphatic carboxylic acids is 4. The maximum atomic E-state index is 11.0. The zero-order valence-electron chi connectivity index (χ0n) is 35.9. The molecule has 0 fully saturated rings. The van der Waals surface area contributed by atoms with Gasteiger partial charge in [-0.2, -0.15) is 0 Å². The Labute approximate surface area is 358 Å². The minimum absolute atomic E-state index is 0.236. The maximum absolute atomic E-state index is 11.0. The zero-order chi connectivity index (χ0) is 42.6. The van der Waals surface area contributed by atoms with Crippen LogP contribution in [0, 0.1) is 0 Å². The highest BCUT2D eigenvalue weighted by Gasteiger charge is 2.38. The van der Waals surface area contributed by atoms with Crippen LogP contribution >= 0.6 is 61.6 Å². The minimum Gasteiger partial charge on any atom is -0.477 e. The van der Waals surface area contributed by atoms with Gasteiger partial charge >= 0.3 is 23.9 Å². The molecule has 4 N–H and O–H groups in total. The summed E-state index contributed by atoms with van der Waals surface area (Å²) < 4.78 is 0.472. The summed E-state index contributed by atoms with van der Waals surface area (Å²) in [4.78, 5) is 42.6. The molecule has 0 atom stereocenters. The van der Waals surface area contributed by atoms with E-state index in [0.29, 0.717) is 47.0 Å². The first kappa shape index (κ1) is 55.4. The van der Waals surface area contributed by atoms with Crippen LogP contribution in [0.15, 0.2) is 28.1 Å². The molecule has 0 aliphatic carbocycles. The normalized spacial score (nSPS) is 14.4. The van der Waals surface area contributed by atoms with Crippen molar-refractivity contribution >= 4 is 85.4 Å². The van der Waals surface area contributed by atoms with E-state index in [4.69, 9.17) is 20.4 Å². The molecule has 0 saturated carbocycles. The Morgan fingerprint density at radius 1 is 0.339 bits per heavy atom. The van der Waals surface area contributed by atoms with Gasteiger partial charge in [0.05, 0.1) is 57.8 Å². The van der Waals surface area contributed by atoms with Crippen LogP contribution in [-0.2, 0) is 19.2 Å². The summed E-state index contributed by atoms with van der Waals surface area (Å²) in [6, 6.07) is 0. The molecule has 2 heterocycles. The van der Waals surface area contributed by atoms with E-state index in [1.165, 1.54) is 103 Å². The van der Waals surface area contributed by atoms with Gasteiger partial charge in [0.1, 0.15) is 19.6 Å². The van der Waals surface area contributed by atoms with Crippen LogP contribution in [0.25, 0.3) is 0 Å². The summed E-state index contributed by atoms with van der Waals surface area (Å²) >= 11 is 2.67. The van der Waals surface area contributed by atoms with E-state index in [-0.39, 0.29) is 28.1 Å². The predicted molar refractivity (Wildman–Crippen MR) is 254 cm³/mol. The van der Waals surface area contributed by atoms with Gasteiger partial charge in [0.15, 0.2) is 0 Å². The molecule has 324 valence electrons. The number of hydrogen-bond acceptors (Lipinski definition) is 8. The molecule has 0 aromatic heterocycles. The first-order valence-corrected chi connectivity index (χ1v) is 29.6. The van der Waals surface area contributed by atoms with Gasteiger partial charge in [-0.15, -0.1) is 0 Å². The van der Waals surface area contributed by atoms with Crippen LogP contribution in [0.1, 0.15) is 158 Å². The molecule has 8 nitrogen and oxygen atoms in total. The molecule has 0 aromatic rings. The Morgan fingerprint density at radius 3 is 0.589 bits per heavy atom. The fraction of sp³-hybridized carbons (Fsp3) is 0.762. The van der Waals surface area contributed by atoms with E-state index >= 15 is 0 Å². The number of unbranched alkanes of at least 4 members (excludes halogenated alkanes) is 8. The van der Waals surface area contributed by atoms with E-state index < -0.39 is 38.4 Å². The summed E-state index contributed by atoms with van der Waals surface area (Å²) in [5.41, 5.74) is 0. The largest absolute Gasteiger partial charge is 0.477 e. The van der Waals surface area contributed by atoms with E-state index in [1.807, 2.05) is 0 Å². The van der Waals surface area contributed by atoms with E-state index in [9.17, 15) is 19.2 Å². The standard InChI is InChI=1S/2C16H36P.C10H4O8S4/c2*1-5-9-13-17(14-10-6-2,15-11-7-3)16-12-8-4;11-5(12)1-2(6(13)14)20-9(19-1)10-21-3(7(15)16)4(22-10)8(17)18/h2*5-16H2,1-4H3;(H,11,12)(H,13,14)(H,15,16)(H,17,18)/q2*+1;. The topological polar surface area (TPSA) is 149 Å². The Balaban J connectivity index is 0.000000823. The van der Waals surface area contributed by atoms with Crippen LogP contribution in [0.2, 0.25) is 0 Å². The second-order valence-electron chi connectivity index (χ2n) is 14.8. The van der Waals surface area contributed by atoms with Gasteiger partial charge in [-0.1, -0.05) is 154 Å². The van der Waals surface area contributed by atoms with Crippen molar-refractivity contribution in [3.63, 3.8) is 0 Å². The van der Waals surface area contributed by atoms with Crippen LogP contribution in [0.3, 0.4) is 0 Å². The van der Waals surface area contributed by atoms with Gasteiger partial charge in [0.25, 0.3) is 0 Å². The third-order valence-electron chi connectivity index (χ3n) is 10.0. The molecule has 56 heavy (non-hydrogen) atoms. The first-order chi connectivity index (χ1) is 26.7. The molecule has 0 aromatic carbocycles. The first-order valence-electron chi connectivity index (χ1n) is 21.3. The average Bonchev–Trinajstić information content (AvgIpc) is 3.84.